The number of hydrogen-bond donors (Lipinski definition) is 0. The van der Waals surface area contributed by atoms with Crippen LogP contribution in [0.3, 0.4) is 0 Å². The predicted octanol–water partition coefficient (Wildman–Crippen LogP) is 3.09. The van der Waals surface area contributed by atoms with Crippen LogP contribution in [0, 0.1) is 11.8 Å². The summed E-state index contributed by atoms with van der Waals surface area (Å²) in [6, 6.07) is 7.13. The number of urea groups is 1. The van der Waals surface area contributed by atoms with Crippen LogP contribution >= 0.6 is 11.6 Å². The molecule has 0 spiro atoms. The number of carbonyl (C=O) groups is 2. The first-order chi connectivity index (χ1) is 11.4. The van der Waals surface area contributed by atoms with E-state index in [1.807, 2.05) is 17.0 Å². The highest BCUT2D eigenvalue weighted by Gasteiger charge is 2.33. The van der Waals surface area contributed by atoms with Crippen LogP contribution < -0.4 is 4.90 Å². The van der Waals surface area contributed by atoms with Gasteiger partial charge in [-0.1, -0.05) is 31.5 Å². The second-order valence-corrected chi connectivity index (χ2v) is 7.52. The third-order valence-electron chi connectivity index (χ3n) is 4.76. The molecule has 1 aromatic carbocycles. The number of carbonyl (C=O) groups excluding carboxylic acids is 2. The van der Waals surface area contributed by atoms with Crippen LogP contribution in [-0.2, 0) is 4.79 Å². The number of halogens is 1. The summed E-state index contributed by atoms with van der Waals surface area (Å²) < 4.78 is 0. The summed E-state index contributed by atoms with van der Waals surface area (Å²) in [6.45, 7) is 7.26. The Labute approximate surface area is 148 Å². The molecule has 0 saturated carbocycles. The lowest BCUT2D eigenvalue weighted by Gasteiger charge is -2.35. The molecule has 2 unspecified atom stereocenters. The SMILES string of the molecule is CC1CC(C)CN(C(=O)CN2CCN(c3cccc(Cl)c3)C2=O)C1. The number of piperidine rings is 1. The summed E-state index contributed by atoms with van der Waals surface area (Å²) >= 11 is 6.01. The molecule has 2 atom stereocenters. The number of likely N-dealkylation sites (tertiary alicyclic amines) is 1. The van der Waals surface area contributed by atoms with Crippen LogP contribution in [-0.4, -0.2) is 54.5 Å². The fraction of sp³-hybridized carbons (Fsp3) is 0.556. The van der Waals surface area contributed by atoms with E-state index in [9.17, 15) is 9.59 Å². The van der Waals surface area contributed by atoms with Gasteiger partial charge in [0.15, 0.2) is 0 Å². The minimum Gasteiger partial charge on any atom is -0.341 e. The summed E-state index contributed by atoms with van der Waals surface area (Å²) in [5.41, 5.74) is 0.780. The maximum absolute atomic E-state index is 12.6. The zero-order chi connectivity index (χ0) is 17.3. The molecule has 0 radical (unpaired) electrons. The Morgan fingerprint density at radius 1 is 1.21 bits per heavy atom. The minimum absolute atomic E-state index is 0.0506. The van der Waals surface area contributed by atoms with Crippen LogP contribution in [0.25, 0.3) is 0 Å². The van der Waals surface area contributed by atoms with Gasteiger partial charge in [0.2, 0.25) is 5.91 Å². The van der Waals surface area contributed by atoms with Gasteiger partial charge in [-0.25, -0.2) is 4.79 Å². The van der Waals surface area contributed by atoms with E-state index < -0.39 is 0 Å². The van der Waals surface area contributed by atoms with Gasteiger partial charge in [0.25, 0.3) is 0 Å². The van der Waals surface area contributed by atoms with Crippen molar-refractivity contribution in [2.45, 2.75) is 20.3 Å². The highest BCUT2D eigenvalue weighted by Crippen LogP contribution is 2.24. The summed E-state index contributed by atoms with van der Waals surface area (Å²) in [7, 11) is 0. The Morgan fingerprint density at radius 3 is 2.58 bits per heavy atom. The Balaban J connectivity index is 1.62. The van der Waals surface area contributed by atoms with E-state index in [1.165, 1.54) is 0 Å². The second-order valence-electron chi connectivity index (χ2n) is 7.08. The number of amides is 3. The Morgan fingerprint density at radius 2 is 1.92 bits per heavy atom. The lowest BCUT2D eigenvalue weighted by atomic mass is 9.92. The molecular weight excluding hydrogens is 326 g/mol. The fourth-order valence-electron chi connectivity index (χ4n) is 3.74. The van der Waals surface area contributed by atoms with E-state index in [1.54, 1.807) is 21.9 Å². The van der Waals surface area contributed by atoms with Crippen LogP contribution in [0.2, 0.25) is 5.02 Å². The number of anilines is 1. The topological polar surface area (TPSA) is 43.9 Å². The van der Waals surface area contributed by atoms with E-state index in [-0.39, 0.29) is 18.5 Å². The lowest BCUT2D eigenvalue weighted by Crippen LogP contribution is -2.47. The third kappa shape index (κ3) is 3.66. The Bertz CT molecular complexity index is 626. The molecular formula is C18H24ClN3O2. The molecule has 24 heavy (non-hydrogen) atoms. The van der Waals surface area contributed by atoms with Crippen LogP contribution in [0.1, 0.15) is 20.3 Å². The normalized spacial score (nSPS) is 24.6. The molecule has 6 heteroatoms. The monoisotopic (exact) mass is 349 g/mol. The van der Waals surface area contributed by atoms with Crippen LogP contribution in [0.15, 0.2) is 24.3 Å². The Hall–Kier alpha value is -1.75. The first kappa shape index (κ1) is 17.1. The van der Waals surface area contributed by atoms with E-state index in [0.717, 1.165) is 25.2 Å². The van der Waals surface area contributed by atoms with Gasteiger partial charge in [-0.15, -0.1) is 0 Å². The smallest absolute Gasteiger partial charge is 0.325 e. The van der Waals surface area contributed by atoms with Gasteiger partial charge in [0.1, 0.15) is 6.54 Å². The van der Waals surface area contributed by atoms with Gasteiger partial charge in [-0.2, -0.15) is 0 Å². The molecule has 1 aromatic rings. The fourth-order valence-corrected chi connectivity index (χ4v) is 3.93. The van der Waals surface area contributed by atoms with Gasteiger partial charge < -0.3 is 9.80 Å². The molecule has 5 nitrogen and oxygen atoms in total. The van der Waals surface area contributed by atoms with Crippen molar-refractivity contribution in [1.29, 1.82) is 0 Å². The van der Waals surface area contributed by atoms with Gasteiger partial charge in [0.05, 0.1) is 0 Å². The molecule has 2 heterocycles. The van der Waals surface area contributed by atoms with Crippen molar-refractivity contribution < 1.29 is 9.59 Å². The molecule has 2 aliphatic heterocycles. The van der Waals surface area contributed by atoms with Crippen molar-refractivity contribution in [1.82, 2.24) is 9.80 Å². The van der Waals surface area contributed by atoms with E-state index >= 15 is 0 Å². The van der Waals surface area contributed by atoms with Crippen LogP contribution in [0.4, 0.5) is 10.5 Å². The van der Waals surface area contributed by atoms with Gasteiger partial charge in [0, 0.05) is 36.9 Å². The molecule has 0 N–H and O–H groups in total. The molecule has 2 fully saturated rings. The predicted molar refractivity (Wildman–Crippen MR) is 95.3 cm³/mol. The summed E-state index contributed by atoms with van der Waals surface area (Å²) in [5.74, 6) is 1.10. The lowest BCUT2D eigenvalue weighted by molar-refractivity contribution is -0.134. The van der Waals surface area contributed by atoms with E-state index in [2.05, 4.69) is 13.8 Å². The molecule has 0 aromatic heterocycles. The molecule has 3 rings (SSSR count). The van der Waals surface area contributed by atoms with E-state index in [4.69, 9.17) is 11.6 Å². The third-order valence-corrected chi connectivity index (χ3v) is 5.00. The van der Waals surface area contributed by atoms with E-state index in [0.29, 0.717) is 29.9 Å². The summed E-state index contributed by atoms with van der Waals surface area (Å²) in [4.78, 5) is 30.4. The molecule has 3 amide bonds. The number of nitrogens with zero attached hydrogens (tertiary/aromatic N) is 3. The zero-order valence-corrected chi connectivity index (χ0v) is 15.0. The quantitative estimate of drug-likeness (QED) is 0.841. The van der Waals surface area contributed by atoms with Crippen molar-refractivity contribution in [2.24, 2.45) is 11.8 Å². The molecule has 2 aliphatic rings. The average Bonchev–Trinajstić information content (AvgIpc) is 2.87. The first-order valence-electron chi connectivity index (χ1n) is 8.54. The number of rotatable bonds is 3. The summed E-state index contributed by atoms with van der Waals surface area (Å²) in [6.07, 6.45) is 1.16. The standard InChI is InChI=1S/C18H24ClN3O2/c1-13-8-14(2)11-21(10-13)17(23)12-20-6-7-22(18(20)24)16-5-3-4-15(19)9-16/h3-5,9,13-14H,6-8,10-12H2,1-2H3. The van der Waals surface area contributed by atoms with Gasteiger partial charge in [-0.05, 0) is 36.5 Å². The van der Waals surface area contributed by atoms with Gasteiger partial charge >= 0.3 is 6.03 Å². The first-order valence-corrected chi connectivity index (χ1v) is 8.91. The molecule has 2 saturated heterocycles. The summed E-state index contributed by atoms with van der Waals surface area (Å²) in [5, 5.41) is 0.603. The molecule has 130 valence electrons. The highest BCUT2D eigenvalue weighted by atomic mass is 35.5. The Kier molecular flexibility index (Phi) is 4.99. The molecule has 0 aliphatic carbocycles. The largest absolute Gasteiger partial charge is 0.341 e. The van der Waals surface area contributed by atoms with Crippen molar-refractivity contribution in [3.63, 3.8) is 0 Å². The van der Waals surface area contributed by atoms with Crippen LogP contribution in [0.5, 0.6) is 0 Å². The second kappa shape index (κ2) is 7.01. The maximum Gasteiger partial charge on any atom is 0.325 e. The van der Waals surface area contributed by atoms with Crippen molar-refractivity contribution in [2.75, 3.05) is 37.6 Å². The van der Waals surface area contributed by atoms with Crippen molar-refractivity contribution in [3.05, 3.63) is 29.3 Å². The molecule has 0 bridgehead atoms. The van der Waals surface area contributed by atoms with Crippen molar-refractivity contribution >= 4 is 29.2 Å². The number of benzene rings is 1. The average molecular weight is 350 g/mol. The van der Waals surface area contributed by atoms with Crippen molar-refractivity contribution in [3.8, 4) is 0 Å². The minimum atomic E-state index is -0.122. The highest BCUT2D eigenvalue weighted by molar-refractivity contribution is 6.30. The van der Waals surface area contributed by atoms with Gasteiger partial charge in [-0.3, -0.25) is 9.69 Å². The zero-order valence-electron chi connectivity index (χ0n) is 14.2. The number of hydrogen-bond acceptors (Lipinski definition) is 2. The maximum atomic E-state index is 12.6.